The lowest BCUT2D eigenvalue weighted by molar-refractivity contribution is 0.0574. The highest BCUT2D eigenvalue weighted by Crippen LogP contribution is 2.42. The first kappa shape index (κ1) is 22.0. The molecule has 2 fully saturated rings. The second kappa shape index (κ2) is 9.41. The quantitative estimate of drug-likeness (QED) is 0.737. The summed E-state index contributed by atoms with van der Waals surface area (Å²) in [6, 6.07) is 11.8. The third kappa shape index (κ3) is 4.90. The molecule has 0 aliphatic heterocycles. The summed E-state index contributed by atoms with van der Waals surface area (Å²) in [7, 11) is 0. The van der Waals surface area contributed by atoms with Gasteiger partial charge in [0.1, 0.15) is 0 Å². The van der Waals surface area contributed by atoms with Crippen molar-refractivity contribution in [1.29, 1.82) is 0 Å². The Morgan fingerprint density at radius 1 is 1.17 bits per heavy atom. The largest absolute Gasteiger partial charge is 0.334 e. The van der Waals surface area contributed by atoms with E-state index in [1.165, 1.54) is 18.4 Å². The molecule has 4 rings (SSSR count). The lowest BCUT2D eigenvalue weighted by atomic mass is 9.68. The van der Waals surface area contributed by atoms with Gasteiger partial charge in [-0.15, -0.1) is 17.5 Å². The van der Waals surface area contributed by atoms with E-state index in [1.54, 1.807) is 18.3 Å². The fraction of sp³-hybridized carbons (Fsp3) is 0.500. The van der Waals surface area contributed by atoms with Crippen LogP contribution >= 0.6 is 24.0 Å². The molecule has 1 heterocycles. The summed E-state index contributed by atoms with van der Waals surface area (Å²) in [6.45, 7) is 1.42. The summed E-state index contributed by atoms with van der Waals surface area (Å²) in [5, 5.41) is 8.68. The second-order valence-corrected chi connectivity index (χ2v) is 8.67. The van der Waals surface area contributed by atoms with E-state index < -0.39 is 0 Å². The van der Waals surface area contributed by atoms with Crippen molar-refractivity contribution in [2.24, 2.45) is 11.7 Å². The number of rotatable bonds is 6. The van der Waals surface area contributed by atoms with Gasteiger partial charge in [-0.3, -0.25) is 4.79 Å². The zero-order valence-corrected chi connectivity index (χ0v) is 18.0. The Bertz CT molecular complexity index is 821. The van der Waals surface area contributed by atoms with Gasteiger partial charge in [-0.05, 0) is 74.3 Å². The predicted molar refractivity (Wildman–Crippen MR) is 117 cm³/mol. The maximum atomic E-state index is 13.1. The minimum atomic E-state index is -0.0533. The number of aromatic nitrogens is 2. The van der Waals surface area contributed by atoms with Crippen LogP contribution in [0.1, 0.15) is 54.6 Å². The Balaban J connectivity index is 0.00000240. The molecule has 156 valence electrons. The van der Waals surface area contributed by atoms with E-state index in [1.807, 2.05) is 18.2 Å². The number of amides is 1. The zero-order valence-electron chi connectivity index (χ0n) is 16.5. The topological polar surface area (TPSA) is 72.1 Å². The predicted octanol–water partition coefficient (Wildman–Crippen LogP) is 4.24. The van der Waals surface area contributed by atoms with E-state index in [0.29, 0.717) is 18.2 Å². The Kier molecular flexibility index (Phi) is 7.14. The van der Waals surface area contributed by atoms with E-state index in [4.69, 9.17) is 17.3 Å². The number of carbonyl (C=O) groups is 1. The van der Waals surface area contributed by atoms with Crippen molar-refractivity contribution in [3.05, 3.63) is 58.9 Å². The first-order chi connectivity index (χ1) is 13.6. The molecular formula is C22H28Cl2N4O. The number of hydrogen-bond acceptors (Lipinski definition) is 4. The minimum Gasteiger partial charge on any atom is -0.334 e. The van der Waals surface area contributed by atoms with Gasteiger partial charge in [0.25, 0.3) is 5.91 Å². The summed E-state index contributed by atoms with van der Waals surface area (Å²) in [5.41, 5.74) is 7.84. The van der Waals surface area contributed by atoms with Crippen LogP contribution in [-0.2, 0) is 5.41 Å². The van der Waals surface area contributed by atoms with E-state index in [2.05, 4.69) is 21.2 Å². The standard InChI is InChI=1S/C22H27ClN4O.ClH/c23-18-4-1-3-17(13-18)22(15-24)10-8-19(9-11-22)27(14-16-6-7-16)21(28)20-5-2-12-25-26-20;/h1-5,12-13,16,19H,6-11,14-15,24H2;1H. The number of hydrogen-bond donors (Lipinski definition) is 1. The van der Waals surface area contributed by atoms with Crippen LogP contribution in [0.2, 0.25) is 5.02 Å². The van der Waals surface area contributed by atoms with Crippen LogP contribution in [0, 0.1) is 5.92 Å². The van der Waals surface area contributed by atoms with Crippen LogP contribution in [-0.4, -0.2) is 40.1 Å². The van der Waals surface area contributed by atoms with Gasteiger partial charge >= 0.3 is 0 Å². The maximum absolute atomic E-state index is 13.1. The van der Waals surface area contributed by atoms with Crippen molar-refractivity contribution in [2.45, 2.75) is 50.0 Å². The van der Waals surface area contributed by atoms with Crippen LogP contribution < -0.4 is 5.73 Å². The molecule has 0 bridgehead atoms. The normalized spacial score (nSPS) is 23.9. The number of benzene rings is 1. The summed E-state index contributed by atoms with van der Waals surface area (Å²) < 4.78 is 0. The first-order valence-electron chi connectivity index (χ1n) is 10.2. The highest BCUT2D eigenvalue weighted by molar-refractivity contribution is 6.30. The Labute approximate surface area is 183 Å². The molecule has 29 heavy (non-hydrogen) atoms. The molecule has 0 atom stereocenters. The summed E-state index contributed by atoms with van der Waals surface area (Å²) in [6.07, 6.45) is 7.85. The molecule has 0 radical (unpaired) electrons. The molecule has 2 N–H and O–H groups in total. The summed E-state index contributed by atoms with van der Waals surface area (Å²) >= 11 is 6.23. The van der Waals surface area contributed by atoms with Crippen LogP contribution in [0.15, 0.2) is 42.6 Å². The van der Waals surface area contributed by atoms with Crippen molar-refractivity contribution in [3.8, 4) is 0 Å². The molecule has 2 aromatic rings. The minimum absolute atomic E-state index is 0. The van der Waals surface area contributed by atoms with Gasteiger partial charge in [0, 0.05) is 35.8 Å². The third-order valence-corrected chi connectivity index (χ3v) is 6.62. The van der Waals surface area contributed by atoms with E-state index in [0.717, 1.165) is 37.3 Å². The fourth-order valence-electron chi connectivity index (χ4n) is 4.43. The van der Waals surface area contributed by atoms with E-state index in [9.17, 15) is 4.79 Å². The molecular weight excluding hydrogens is 407 g/mol. The van der Waals surface area contributed by atoms with Crippen molar-refractivity contribution in [1.82, 2.24) is 15.1 Å². The van der Waals surface area contributed by atoms with Gasteiger partial charge in [0.2, 0.25) is 0 Å². The van der Waals surface area contributed by atoms with Crippen molar-refractivity contribution < 1.29 is 4.79 Å². The zero-order chi connectivity index (χ0) is 19.6. The van der Waals surface area contributed by atoms with Gasteiger partial charge in [0.15, 0.2) is 5.69 Å². The molecule has 2 aliphatic carbocycles. The van der Waals surface area contributed by atoms with Gasteiger partial charge < -0.3 is 10.6 Å². The molecule has 0 saturated heterocycles. The molecule has 5 nitrogen and oxygen atoms in total. The van der Waals surface area contributed by atoms with E-state index >= 15 is 0 Å². The van der Waals surface area contributed by atoms with Crippen LogP contribution in [0.4, 0.5) is 0 Å². The highest BCUT2D eigenvalue weighted by Gasteiger charge is 2.40. The van der Waals surface area contributed by atoms with Crippen LogP contribution in [0.25, 0.3) is 0 Å². The van der Waals surface area contributed by atoms with Gasteiger partial charge in [-0.25, -0.2) is 0 Å². The van der Waals surface area contributed by atoms with Crippen molar-refractivity contribution in [3.63, 3.8) is 0 Å². The number of nitrogens with two attached hydrogens (primary N) is 1. The molecule has 2 saturated carbocycles. The summed E-state index contributed by atoms with van der Waals surface area (Å²) in [4.78, 5) is 15.2. The molecule has 1 aromatic carbocycles. The molecule has 7 heteroatoms. The molecule has 1 aromatic heterocycles. The van der Waals surface area contributed by atoms with Gasteiger partial charge in [-0.1, -0.05) is 23.7 Å². The average Bonchev–Trinajstić information content (AvgIpc) is 3.57. The van der Waals surface area contributed by atoms with Gasteiger partial charge in [0.05, 0.1) is 0 Å². The third-order valence-electron chi connectivity index (χ3n) is 6.38. The molecule has 1 amide bonds. The van der Waals surface area contributed by atoms with E-state index in [-0.39, 0.29) is 29.8 Å². The van der Waals surface area contributed by atoms with Crippen LogP contribution in [0.5, 0.6) is 0 Å². The molecule has 0 unspecified atom stereocenters. The smallest absolute Gasteiger partial charge is 0.274 e. The second-order valence-electron chi connectivity index (χ2n) is 8.24. The van der Waals surface area contributed by atoms with Crippen LogP contribution in [0.3, 0.4) is 0 Å². The van der Waals surface area contributed by atoms with Crippen molar-refractivity contribution in [2.75, 3.05) is 13.1 Å². The lowest BCUT2D eigenvalue weighted by Gasteiger charge is -2.43. The first-order valence-corrected chi connectivity index (χ1v) is 10.5. The number of nitrogens with zero attached hydrogens (tertiary/aromatic N) is 3. The lowest BCUT2D eigenvalue weighted by Crippen LogP contribution is -2.48. The Morgan fingerprint density at radius 3 is 2.52 bits per heavy atom. The fourth-order valence-corrected chi connectivity index (χ4v) is 4.63. The number of halogens is 2. The maximum Gasteiger partial charge on any atom is 0.274 e. The molecule has 2 aliphatic rings. The van der Waals surface area contributed by atoms with Gasteiger partial charge in [-0.2, -0.15) is 5.10 Å². The Hall–Kier alpha value is -1.69. The number of carbonyl (C=O) groups excluding carboxylic acids is 1. The van der Waals surface area contributed by atoms with Crippen molar-refractivity contribution >= 4 is 29.9 Å². The SMILES string of the molecule is Cl.NCC1(c2cccc(Cl)c2)CCC(N(CC2CC2)C(=O)c2cccnn2)CC1. The summed E-state index contributed by atoms with van der Waals surface area (Å²) in [5.74, 6) is 0.641. The average molecular weight is 435 g/mol. The molecule has 0 spiro atoms. The highest BCUT2D eigenvalue weighted by atomic mass is 35.5. The monoisotopic (exact) mass is 434 g/mol. The Morgan fingerprint density at radius 2 is 1.93 bits per heavy atom.